The Balaban J connectivity index is 1.81. The highest BCUT2D eigenvalue weighted by Gasteiger charge is 2.17. The van der Waals surface area contributed by atoms with Gasteiger partial charge < -0.3 is 11.1 Å². The minimum atomic E-state index is -0.272. The lowest BCUT2D eigenvalue weighted by molar-refractivity contribution is -0.118. The van der Waals surface area contributed by atoms with E-state index in [0.717, 1.165) is 5.69 Å². The highest BCUT2D eigenvalue weighted by atomic mass is 16.1. The maximum absolute atomic E-state index is 10.8. The van der Waals surface area contributed by atoms with Crippen LogP contribution >= 0.6 is 0 Å². The summed E-state index contributed by atoms with van der Waals surface area (Å²) in [4.78, 5) is 10.8. The van der Waals surface area contributed by atoms with Crippen LogP contribution in [0.1, 0.15) is 50.8 Å². The summed E-state index contributed by atoms with van der Waals surface area (Å²) in [5, 5.41) is 7.84. The summed E-state index contributed by atoms with van der Waals surface area (Å²) in [7, 11) is 0. The molecule has 1 aliphatic rings. The Bertz CT molecular complexity index is 395. The van der Waals surface area contributed by atoms with Gasteiger partial charge in [0, 0.05) is 25.2 Å². The largest absolute Gasteiger partial charge is 0.370 e. The van der Waals surface area contributed by atoms with E-state index in [2.05, 4.69) is 21.3 Å². The van der Waals surface area contributed by atoms with E-state index in [4.69, 9.17) is 5.73 Å². The van der Waals surface area contributed by atoms with Gasteiger partial charge in [-0.2, -0.15) is 5.10 Å². The standard InChI is InChI=1S/C13H22N4O/c1-10(8-13(14)18)15-9-11-6-7-17(16-11)12-4-2-3-5-12/h6-7,10,12,15H,2-5,8-9H2,1H3,(H2,14,18). The number of hydrogen-bond donors (Lipinski definition) is 2. The summed E-state index contributed by atoms with van der Waals surface area (Å²) >= 11 is 0. The number of rotatable bonds is 6. The van der Waals surface area contributed by atoms with Gasteiger partial charge >= 0.3 is 0 Å². The maximum Gasteiger partial charge on any atom is 0.218 e. The second-order valence-corrected chi connectivity index (χ2v) is 5.18. The molecule has 2 rings (SSSR count). The Morgan fingerprint density at radius 2 is 2.33 bits per heavy atom. The fraction of sp³-hybridized carbons (Fsp3) is 0.692. The van der Waals surface area contributed by atoms with Gasteiger partial charge in [-0.1, -0.05) is 12.8 Å². The molecular formula is C13H22N4O. The molecule has 1 fully saturated rings. The number of nitrogens with two attached hydrogens (primary N) is 1. The zero-order valence-corrected chi connectivity index (χ0v) is 10.9. The predicted molar refractivity (Wildman–Crippen MR) is 69.8 cm³/mol. The van der Waals surface area contributed by atoms with Crippen molar-refractivity contribution in [2.24, 2.45) is 5.73 Å². The van der Waals surface area contributed by atoms with Crippen molar-refractivity contribution in [3.8, 4) is 0 Å². The molecule has 18 heavy (non-hydrogen) atoms. The van der Waals surface area contributed by atoms with Gasteiger partial charge in [-0.15, -0.1) is 0 Å². The van der Waals surface area contributed by atoms with Gasteiger partial charge in [-0.25, -0.2) is 0 Å². The smallest absolute Gasteiger partial charge is 0.218 e. The van der Waals surface area contributed by atoms with Crippen LogP contribution in [0.25, 0.3) is 0 Å². The lowest BCUT2D eigenvalue weighted by Crippen LogP contribution is -2.30. The van der Waals surface area contributed by atoms with Crippen molar-refractivity contribution in [2.45, 2.75) is 57.7 Å². The van der Waals surface area contributed by atoms with Crippen LogP contribution in [-0.4, -0.2) is 21.7 Å². The molecule has 5 nitrogen and oxygen atoms in total. The van der Waals surface area contributed by atoms with Gasteiger partial charge in [0.25, 0.3) is 0 Å². The van der Waals surface area contributed by atoms with Crippen LogP contribution in [0.3, 0.4) is 0 Å². The van der Waals surface area contributed by atoms with Crippen LogP contribution in [-0.2, 0) is 11.3 Å². The molecule has 0 saturated heterocycles. The molecule has 1 heterocycles. The molecule has 1 aromatic heterocycles. The van der Waals surface area contributed by atoms with E-state index in [-0.39, 0.29) is 11.9 Å². The van der Waals surface area contributed by atoms with E-state index >= 15 is 0 Å². The maximum atomic E-state index is 10.8. The molecular weight excluding hydrogens is 228 g/mol. The van der Waals surface area contributed by atoms with Crippen LogP contribution in [0.15, 0.2) is 12.3 Å². The van der Waals surface area contributed by atoms with Crippen LogP contribution in [0.2, 0.25) is 0 Å². The van der Waals surface area contributed by atoms with Crippen molar-refractivity contribution < 1.29 is 4.79 Å². The van der Waals surface area contributed by atoms with Gasteiger partial charge in [0.15, 0.2) is 0 Å². The zero-order valence-electron chi connectivity index (χ0n) is 10.9. The number of aromatic nitrogens is 2. The normalized spacial score (nSPS) is 18.1. The van der Waals surface area contributed by atoms with E-state index in [1.807, 2.05) is 13.0 Å². The highest BCUT2D eigenvalue weighted by molar-refractivity contribution is 5.74. The summed E-state index contributed by atoms with van der Waals surface area (Å²) in [6.45, 7) is 2.65. The monoisotopic (exact) mass is 250 g/mol. The molecule has 1 atom stereocenters. The third-order valence-corrected chi connectivity index (χ3v) is 3.50. The summed E-state index contributed by atoms with van der Waals surface area (Å²) in [5.41, 5.74) is 6.18. The molecule has 0 aromatic carbocycles. The first-order chi connectivity index (χ1) is 8.65. The Morgan fingerprint density at radius 1 is 1.61 bits per heavy atom. The van der Waals surface area contributed by atoms with Crippen molar-refractivity contribution >= 4 is 5.91 Å². The molecule has 1 aromatic rings. The minimum absolute atomic E-state index is 0.0964. The number of nitrogens with zero attached hydrogens (tertiary/aromatic N) is 2. The third-order valence-electron chi connectivity index (χ3n) is 3.50. The quantitative estimate of drug-likeness (QED) is 0.800. The first-order valence-corrected chi connectivity index (χ1v) is 6.71. The number of carbonyl (C=O) groups excluding carboxylic acids is 1. The van der Waals surface area contributed by atoms with Crippen LogP contribution in [0.5, 0.6) is 0 Å². The summed E-state index contributed by atoms with van der Waals surface area (Å²) in [6, 6.07) is 2.73. The Kier molecular flexibility index (Phi) is 4.36. The topological polar surface area (TPSA) is 72.9 Å². The van der Waals surface area contributed by atoms with Crippen molar-refractivity contribution in [3.63, 3.8) is 0 Å². The van der Waals surface area contributed by atoms with Gasteiger partial charge in [0.05, 0.1) is 11.7 Å². The van der Waals surface area contributed by atoms with E-state index in [9.17, 15) is 4.79 Å². The molecule has 100 valence electrons. The molecule has 0 radical (unpaired) electrons. The van der Waals surface area contributed by atoms with Gasteiger partial charge in [-0.3, -0.25) is 9.48 Å². The second kappa shape index (κ2) is 6.00. The summed E-state index contributed by atoms with van der Waals surface area (Å²) < 4.78 is 2.09. The number of nitrogens with one attached hydrogen (secondary N) is 1. The number of amides is 1. The molecule has 1 unspecified atom stereocenters. The third kappa shape index (κ3) is 3.57. The summed E-state index contributed by atoms with van der Waals surface area (Å²) in [6.07, 6.45) is 7.54. The van der Waals surface area contributed by atoms with Crippen LogP contribution in [0, 0.1) is 0 Å². The molecule has 0 aliphatic heterocycles. The average molecular weight is 250 g/mol. The second-order valence-electron chi connectivity index (χ2n) is 5.18. The van der Waals surface area contributed by atoms with E-state index in [1.165, 1.54) is 25.7 Å². The molecule has 1 aliphatic carbocycles. The number of carbonyl (C=O) groups is 1. The first-order valence-electron chi connectivity index (χ1n) is 6.71. The molecule has 3 N–H and O–H groups in total. The first kappa shape index (κ1) is 13.1. The van der Waals surface area contributed by atoms with Crippen molar-refractivity contribution in [2.75, 3.05) is 0 Å². The van der Waals surface area contributed by atoms with E-state index < -0.39 is 0 Å². The molecule has 1 amide bonds. The lowest BCUT2D eigenvalue weighted by Gasteiger charge is -2.11. The SMILES string of the molecule is CC(CC(N)=O)NCc1ccn(C2CCCC2)n1. The van der Waals surface area contributed by atoms with E-state index in [0.29, 0.717) is 19.0 Å². The Hall–Kier alpha value is -1.36. The zero-order chi connectivity index (χ0) is 13.0. The van der Waals surface area contributed by atoms with Crippen molar-refractivity contribution in [1.82, 2.24) is 15.1 Å². The van der Waals surface area contributed by atoms with Crippen LogP contribution in [0.4, 0.5) is 0 Å². The van der Waals surface area contributed by atoms with Gasteiger partial charge in [0.2, 0.25) is 5.91 Å². The number of primary amides is 1. The van der Waals surface area contributed by atoms with Crippen molar-refractivity contribution in [1.29, 1.82) is 0 Å². The number of hydrogen-bond acceptors (Lipinski definition) is 3. The Morgan fingerprint density at radius 3 is 3.00 bits per heavy atom. The molecule has 0 spiro atoms. The predicted octanol–water partition coefficient (Wildman–Crippen LogP) is 1.35. The molecule has 1 saturated carbocycles. The van der Waals surface area contributed by atoms with Crippen molar-refractivity contribution in [3.05, 3.63) is 18.0 Å². The average Bonchev–Trinajstić information content (AvgIpc) is 2.96. The summed E-state index contributed by atoms with van der Waals surface area (Å²) in [5.74, 6) is -0.272. The fourth-order valence-corrected chi connectivity index (χ4v) is 2.50. The Labute approximate surface area is 108 Å². The molecule has 0 bridgehead atoms. The van der Waals surface area contributed by atoms with Gasteiger partial charge in [-0.05, 0) is 25.8 Å². The fourth-order valence-electron chi connectivity index (χ4n) is 2.50. The van der Waals surface area contributed by atoms with E-state index in [1.54, 1.807) is 0 Å². The van der Waals surface area contributed by atoms with Gasteiger partial charge in [0.1, 0.15) is 0 Å². The lowest BCUT2D eigenvalue weighted by atomic mass is 10.2. The molecule has 5 heteroatoms. The van der Waals surface area contributed by atoms with Crippen LogP contribution < -0.4 is 11.1 Å². The minimum Gasteiger partial charge on any atom is -0.370 e. The highest BCUT2D eigenvalue weighted by Crippen LogP contribution is 2.28.